The lowest BCUT2D eigenvalue weighted by molar-refractivity contribution is -0.339. The largest absolute Gasteiger partial charge is 0.456 e. The summed E-state index contributed by atoms with van der Waals surface area (Å²) in [5, 5.41) is 58.4. The summed E-state index contributed by atoms with van der Waals surface area (Å²) in [6, 6.07) is 0. The second-order valence-corrected chi connectivity index (χ2v) is 6.05. The molecule has 2 heterocycles. The Bertz CT molecular complexity index is 435. The van der Waals surface area contributed by atoms with Gasteiger partial charge < -0.3 is 49.6 Å². The summed E-state index contributed by atoms with van der Waals surface area (Å²) in [5.74, 6) is 0. The summed E-state index contributed by atoms with van der Waals surface area (Å²) >= 11 is 0. The molecule has 2 aliphatic rings. The molecule has 0 aromatic carbocycles. The summed E-state index contributed by atoms with van der Waals surface area (Å²) in [4.78, 5) is 10.7. The fourth-order valence-electron chi connectivity index (χ4n) is 3.00. The first kappa shape index (κ1) is 20.4. The number of rotatable bonds is 6. The van der Waals surface area contributed by atoms with Crippen LogP contribution in [0.5, 0.6) is 0 Å². The van der Waals surface area contributed by atoms with Gasteiger partial charge in [0.1, 0.15) is 42.7 Å². The van der Waals surface area contributed by atoms with Crippen molar-refractivity contribution in [3.8, 4) is 0 Å². The van der Waals surface area contributed by atoms with E-state index in [4.69, 9.17) is 24.1 Å². The number of hydrogen-bond donors (Lipinski definition) is 6. The highest BCUT2D eigenvalue weighted by Gasteiger charge is 2.50. The predicted molar refractivity (Wildman–Crippen MR) is 77.0 cm³/mol. The smallest absolute Gasteiger partial charge is 0.293 e. The summed E-state index contributed by atoms with van der Waals surface area (Å²) in [7, 11) is 0. The first-order chi connectivity index (χ1) is 11.8. The topological polar surface area (TPSA) is 175 Å². The van der Waals surface area contributed by atoms with E-state index in [2.05, 4.69) is 0 Å². The van der Waals surface area contributed by atoms with Crippen LogP contribution in [0.2, 0.25) is 0 Å². The van der Waals surface area contributed by atoms with E-state index in [9.17, 15) is 30.3 Å². The molecule has 0 bridgehead atoms. The van der Waals surface area contributed by atoms with E-state index in [1.165, 1.54) is 6.92 Å². The summed E-state index contributed by atoms with van der Waals surface area (Å²) < 4.78 is 20.9. The van der Waals surface area contributed by atoms with E-state index in [-0.39, 0.29) is 6.47 Å². The molecule has 1 unspecified atom stereocenters. The lowest BCUT2D eigenvalue weighted by Gasteiger charge is -2.46. The van der Waals surface area contributed by atoms with Crippen molar-refractivity contribution in [3.05, 3.63) is 0 Å². The van der Waals surface area contributed by atoms with Gasteiger partial charge in [0.25, 0.3) is 6.47 Å². The molecule has 0 aromatic heterocycles. The van der Waals surface area contributed by atoms with Crippen LogP contribution in [0, 0.1) is 0 Å². The van der Waals surface area contributed by atoms with Crippen LogP contribution >= 0.6 is 0 Å². The third-order valence-corrected chi connectivity index (χ3v) is 4.43. The molecule has 2 saturated heterocycles. The Kier molecular flexibility index (Phi) is 7.08. The minimum absolute atomic E-state index is 0.0352. The van der Waals surface area contributed by atoms with Crippen molar-refractivity contribution in [1.82, 2.24) is 0 Å². The van der Waals surface area contributed by atoms with Crippen molar-refractivity contribution in [3.63, 3.8) is 0 Å². The Hall–Kier alpha value is -0.890. The number of aliphatic hydroxyl groups excluding tert-OH is 6. The molecule has 0 saturated carbocycles. The number of carbonyl (C=O) groups excluding carboxylic acids is 1. The predicted octanol–water partition coefficient (Wildman–Crippen LogP) is -4.15. The second kappa shape index (κ2) is 8.66. The monoisotopic (exact) mass is 368 g/mol. The Balaban J connectivity index is 2.15. The Morgan fingerprint density at radius 2 is 1.40 bits per heavy atom. The van der Waals surface area contributed by atoms with Crippen molar-refractivity contribution >= 4 is 6.47 Å². The minimum atomic E-state index is -1.60. The molecule has 10 atom stereocenters. The van der Waals surface area contributed by atoms with Gasteiger partial charge in [-0.15, -0.1) is 0 Å². The van der Waals surface area contributed by atoms with Gasteiger partial charge >= 0.3 is 0 Å². The molecule has 2 rings (SSSR count). The fraction of sp³-hybridized carbons (Fsp3) is 0.929. The maximum absolute atomic E-state index is 10.7. The van der Waals surface area contributed by atoms with E-state index in [0.717, 1.165) is 0 Å². The van der Waals surface area contributed by atoms with Gasteiger partial charge in [-0.05, 0) is 6.92 Å². The average molecular weight is 368 g/mol. The highest BCUT2D eigenvalue weighted by molar-refractivity contribution is 5.37. The standard InChI is InChI=1S/C14H24O11/c1-5-12(10(20)8(18)6(2-15)23-5)25-14-13(22-4-17)11(21)9(19)7(3-16)24-14/h4-16,18-21H,2-3H2,1H3/t5?,6-,7+,8+,9+,10-,11+,12+,13-,14+/m0/s1. The van der Waals surface area contributed by atoms with Crippen molar-refractivity contribution < 1.29 is 54.4 Å². The molecule has 146 valence electrons. The number of carbonyl (C=O) groups is 1. The van der Waals surface area contributed by atoms with Crippen molar-refractivity contribution in [2.75, 3.05) is 13.2 Å². The molecule has 0 radical (unpaired) electrons. The van der Waals surface area contributed by atoms with Crippen LogP contribution < -0.4 is 0 Å². The first-order valence-electron chi connectivity index (χ1n) is 7.85. The van der Waals surface area contributed by atoms with Gasteiger partial charge in [-0.1, -0.05) is 0 Å². The maximum Gasteiger partial charge on any atom is 0.293 e. The molecule has 0 aliphatic carbocycles. The van der Waals surface area contributed by atoms with Crippen molar-refractivity contribution in [1.29, 1.82) is 0 Å². The number of hydrogen-bond acceptors (Lipinski definition) is 11. The SMILES string of the molecule is CC1O[C@@H](CO)[C@@H](O)[C@H](O)[C@@H]1O[C@H]1O[C@H](CO)[C@@H](O)[C@@H](O)[C@@H]1OC=O. The zero-order chi connectivity index (χ0) is 18.7. The molecule has 11 nitrogen and oxygen atoms in total. The molecular formula is C14H24O11. The molecule has 2 fully saturated rings. The molecule has 25 heavy (non-hydrogen) atoms. The van der Waals surface area contributed by atoms with E-state index in [0.29, 0.717) is 0 Å². The third-order valence-electron chi connectivity index (χ3n) is 4.43. The molecule has 0 amide bonds. The summed E-state index contributed by atoms with van der Waals surface area (Å²) in [5.41, 5.74) is 0. The third kappa shape index (κ3) is 4.10. The lowest BCUT2D eigenvalue weighted by Crippen LogP contribution is -2.64. The van der Waals surface area contributed by atoms with Crippen LogP contribution in [0.4, 0.5) is 0 Å². The zero-order valence-corrected chi connectivity index (χ0v) is 13.5. The second-order valence-electron chi connectivity index (χ2n) is 6.05. The van der Waals surface area contributed by atoms with Crippen LogP contribution in [0.15, 0.2) is 0 Å². The van der Waals surface area contributed by atoms with E-state index < -0.39 is 74.4 Å². The number of ether oxygens (including phenoxy) is 4. The first-order valence-corrected chi connectivity index (χ1v) is 7.85. The summed E-state index contributed by atoms with van der Waals surface area (Å²) in [6.45, 7) is 0.410. The zero-order valence-electron chi connectivity index (χ0n) is 13.5. The molecule has 6 N–H and O–H groups in total. The van der Waals surface area contributed by atoms with Crippen LogP contribution in [-0.4, -0.2) is 112 Å². The fourth-order valence-corrected chi connectivity index (χ4v) is 3.00. The Morgan fingerprint density at radius 3 is 1.92 bits per heavy atom. The highest BCUT2D eigenvalue weighted by Crippen LogP contribution is 2.29. The van der Waals surface area contributed by atoms with E-state index in [1.54, 1.807) is 0 Å². The average Bonchev–Trinajstić information content (AvgIpc) is 2.60. The van der Waals surface area contributed by atoms with Gasteiger partial charge in [0, 0.05) is 0 Å². The molecular weight excluding hydrogens is 344 g/mol. The quantitative estimate of drug-likeness (QED) is 0.251. The van der Waals surface area contributed by atoms with Crippen LogP contribution in [0.1, 0.15) is 6.92 Å². The minimum Gasteiger partial charge on any atom is -0.456 e. The van der Waals surface area contributed by atoms with Gasteiger partial charge in [0.2, 0.25) is 0 Å². The molecule has 0 aromatic rings. The van der Waals surface area contributed by atoms with Gasteiger partial charge in [0.15, 0.2) is 12.4 Å². The van der Waals surface area contributed by atoms with Gasteiger partial charge in [-0.2, -0.15) is 0 Å². The highest BCUT2D eigenvalue weighted by atomic mass is 16.7. The van der Waals surface area contributed by atoms with Crippen LogP contribution in [-0.2, 0) is 23.7 Å². The van der Waals surface area contributed by atoms with E-state index >= 15 is 0 Å². The van der Waals surface area contributed by atoms with Crippen LogP contribution in [0.3, 0.4) is 0 Å². The molecule has 0 spiro atoms. The van der Waals surface area contributed by atoms with Crippen molar-refractivity contribution in [2.45, 2.75) is 68.1 Å². The number of aliphatic hydroxyl groups is 6. The maximum atomic E-state index is 10.7. The normalized spacial score (nSPS) is 48.1. The van der Waals surface area contributed by atoms with Crippen LogP contribution in [0.25, 0.3) is 0 Å². The molecule has 2 aliphatic heterocycles. The lowest BCUT2D eigenvalue weighted by atomic mass is 9.95. The summed E-state index contributed by atoms with van der Waals surface area (Å²) in [6.07, 6.45) is -13.0. The van der Waals surface area contributed by atoms with Gasteiger partial charge in [-0.25, -0.2) is 0 Å². The van der Waals surface area contributed by atoms with Crippen molar-refractivity contribution in [2.24, 2.45) is 0 Å². The molecule has 11 heteroatoms. The Labute approximate surface area is 143 Å². The Morgan fingerprint density at radius 1 is 0.880 bits per heavy atom. The van der Waals surface area contributed by atoms with E-state index in [1.807, 2.05) is 0 Å². The van der Waals surface area contributed by atoms with Gasteiger partial charge in [0.05, 0.1) is 19.3 Å². The van der Waals surface area contributed by atoms with Gasteiger partial charge in [-0.3, -0.25) is 4.79 Å².